The SMILES string of the molecule is COC(=O)C(O)C(C(F)C(F)(F)C(F)(F)C(F)(F)F)C(F)(F)F. The van der Waals surface area contributed by atoms with E-state index in [2.05, 4.69) is 4.74 Å². The number of aliphatic hydroxyl groups is 1. The summed E-state index contributed by atoms with van der Waals surface area (Å²) in [5.41, 5.74) is 0. The molecule has 0 heterocycles. The van der Waals surface area contributed by atoms with Crippen LogP contribution in [0.3, 0.4) is 0 Å². The Morgan fingerprint density at radius 3 is 1.61 bits per heavy atom. The Kier molecular flexibility index (Phi) is 5.91. The molecule has 0 saturated carbocycles. The number of ether oxygens (including phenoxy) is 1. The van der Waals surface area contributed by atoms with E-state index < -0.39 is 48.4 Å². The first-order valence-corrected chi connectivity index (χ1v) is 5.22. The highest BCUT2D eigenvalue weighted by molar-refractivity contribution is 5.74. The maximum absolute atomic E-state index is 13.3. The van der Waals surface area contributed by atoms with Crippen LogP contribution in [-0.4, -0.2) is 54.7 Å². The minimum atomic E-state index is -7.20. The molecule has 3 unspecified atom stereocenters. The fraction of sp³-hybridized carbons (Fsp3) is 0.889. The summed E-state index contributed by atoms with van der Waals surface area (Å²) in [5, 5.41) is 8.82. The molecule has 0 aromatic carbocycles. The molecule has 0 aliphatic carbocycles. The molecule has 0 spiro atoms. The van der Waals surface area contributed by atoms with Crippen LogP contribution >= 0.6 is 0 Å². The summed E-state index contributed by atoms with van der Waals surface area (Å²) in [7, 11) is 0.328. The molecule has 0 aromatic rings. The van der Waals surface area contributed by atoms with E-state index >= 15 is 0 Å². The monoisotopic (exact) mass is 372 g/mol. The number of hydrogen-bond acceptors (Lipinski definition) is 3. The third kappa shape index (κ3) is 3.95. The molecule has 0 saturated heterocycles. The number of hydrogen-bond donors (Lipinski definition) is 1. The maximum Gasteiger partial charge on any atom is 0.459 e. The van der Waals surface area contributed by atoms with Gasteiger partial charge in [0.2, 0.25) is 0 Å². The smallest absolute Gasteiger partial charge is 0.459 e. The lowest BCUT2D eigenvalue weighted by molar-refractivity contribution is -0.377. The quantitative estimate of drug-likeness (QED) is 0.597. The maximum atomic E-state index is 13.3. The van der Waals surface area contributed by atoms with Crippen LogP contribution in [-0.2, 0) is 9.53 Å². The van der Waals surface area contributed by atoms with Crippen LogP contribution in [0.4, 0.5) is 48.3 Å². The van der Waals surface area contributed by atoms with Gasteiger partial charge in [-0.3, -0.25) is 0 Å². The van der Waals surface area contributed by atoms with E-state index in [0.29, 0.717) is 7.11 Å². The number of methoxy groups -OCH3 is 1. The summed E-state index contributed by atoms with van der Waals surface area (Å²) >= 11 is 0. The lowest BCUT2D eigenvalue weighted by atomic mass is 9.89. The van der Waals surface area contributed by atoms with Gasteiger partial charge in [0, 0.05) is 0 Å². The molecule has 3 nitrogen and oxygen atoms in total. The van der Waals surface area contributed by atoms with Crippen LogP contribution in [0, 0.1) is 5.92 Å². The summed E-state index contributed by atoms with van der Waals surface area (Å²) in [6.07, 6.45) is -22.4. The third-order valence-electron chi connectivity index (χ3n) is 2.60. The first kappa shape index (κ1) is 21.7. The predicted molar refractivity (Wildman–Crippen MR) is 48.4 cm³/mol. The zero-order valence-corrected chi connectivity index (χ0v) is 10.7. The van der Waals surface area contributed by atoms with Gasteiger partial charge in [-0.15, -0.1) is 0 Å². The van der Waals surface area contributed by atoms with E-state index in [0.717, 1.165) is 0 Å². The number of carbonyl (C=O) groups excluding carboxylic acids is 1. The Hall–Kier alpha value is -1.34. The van der Waals surface area contributed by atoms with Crippen molar-refractivity contribution >= 4 is 5.97 Å². The lowest BCUT2D eigenvalue weighted by Gasteiger charge is -2.35. The summed E-state index contributed by atoms with van der Waals surface area (Å²) in [6.45, 7) is 0. The third-order valence-corrected chi connectivity index (χ3v) is 2.60. The number of aliphatic hydroxyl groups excluding tert-OH is 1. The van der Waals surface area contributed by atoms with E-state index in [1.54, 1.807) is 0 Å². The Morgan fingerprint density at radius 1 is 0.957 bits per heavy atom. The second-order valence-corrected chi connectivity index (χ2v) is 4.13. The molecule has 0 aliphatic heterocycles. The minimum absolute atomic E-state index is 0.328. The number of alkyl halides is 11. The molecule has 0 aromatic heterocycles. The van der Waals surface area contributed by atoms with Crippen LogP contribution < -0.4 is 0 Å². The second-order valence-electron chi connectivity index (χ2n) is 4.13. The normalized spacial score (nSPS) is 18.3. The highest BCUT2D eigenvalue weighted by atomic mass is 19.4. The van der Waals surface area contributed by atoms with Crippen molar-refractivity contribution in [2.45, 2.75) is 36.5 Å². The summed E-state index contributed by atoms with van der Waals surface area (Å²) in [4.78, 5) is 10.7. The Balaban J connectivity index is 5.98. The molecule has 0 fully saturated rings. The van der Waals surface area contributed by atoms with Gasteiger partial charge in [0.05, 0.1) is 7.11 Å². The zero-order valence-electron chi connectivity index (χ0n) is 10.7. The van der Waals surface area contributed by atoms with Gasteiger partial charge in [0.15, 0.2) is 12.3 Å². The van der Waals surface area contributed by atoms with Crippen molar-refractivity contribution in [2.75, 3.05) is 7.11 Å². The summed E-state index contributed by atoms with van der Waals surface area (Å²) < 4.78 is 141. The molecule has 23 heavy (non-hydrogen) atoms. The summed E-state index contributed by atoms with van der Waals surface area (Å²) in [5.74, 6) is -21.1. The number of rotatable bonds is 5. The van der Waals surface area contributed by atoms with Crippen molar-refractivity contribution in [1.29, 1.82) is 0 Å². The molecule has 0 bridgehead atoms. The highest BCUT2D eigenvalue weighted by Crippen LogP contribution is 2.52. The molecular weight excluding hydrogens is 365 g/mol. The summed E-state index contributed by atoms with van der Waals surface area (Å²) in [6, 6.07) is 0. The fourth-order valence-electron chi connectivity index (χ4n) is 1.36. The van der Waals surface area contributed by atoms with Gasteiger partial charge >= 0.3 is 30.2 Å². The van der Waals surface area contributed by atoms with E-state index in [1.165, 1.54) is 0 Å². The average Bonchev–Trinajstić information content (AvgIpc) is 2.34. The Labute approximate surface area is 120 Å². The van der Waals surface area contributed by atoms with Crippen molar-refractivity contribution in [3.63, 3.8) is 0 Å². The molecule has 138 valence electrons. The van der Waals surface area contributed by atoms with Crippen molar-refractivity contribution in [3.8, 4) is 0 Å². The standard InChI is InChI=1S/C9H7F11O3/c1-23-5(22)3(21)2(7(13,14)15)4(10)6(11,12)8(16,17)9(18,19)20/h2-4,21H,1H3. The molecule has 1 N–H and O–H groups in total. The molecule has 0 aliphatic rings. The largest absolute Gasteiger partial charge is 0.467 e. The highest BCUT2D eigenvalue weighted by Gasteiger charge is 2.78. The Morgan fingerprint density at radius 2 is 1.35 bits per heavy atom. The lowest BCUT2D eigenvalue weighted by Crippen LogP contribution is -2.62. The van der Waals surface area contributed by atoms with Gasteiger partial charge in [-0.1, -0.05) is 0 Å². The average molecular weight is 372 g/mol. The number of halogens is 11. The number of esters is 1. The molecule has 14 heteroatoms. The second kappa shape index (κ2) is 6.28. The molecule has 0 rings (SSSR count). The van der Waals surface area contributed by atoms with E-state index in [9.17, 15) is 53.1 Å². The van der Waals surface area contributed by atoms with Crippen molar-refractivity contribution < 1.29 is 62.9 Å². The van der Waals surface area contributed by atoms with Gasteiger partial charge < -0.3 is 9.84 Å². The van der Waals surface area contributed by atoms with Gasteiger partial charge in [-0.05, 0) is 0 Å². The number of carbonyl (C=O) groups is 1. The van der Waals surface area contributed by atoms with E-state index in [4.69, 9.17) is 5.11 Å². The predicted octanol–water partition coefficient (Wildman–Crippen LogP) is 2.87. The van der Waals surface area contributed by atoms with Crippen LogP contribution in [0.25, 0.3) is 0 Å². The van der Waals surface area contributed by atoms with Gasteiger partial charge in [0.1, 0.15) is 5.92 Å². The van der Waals surface area contributed by atoms with Crippen LogP contribution in [0.2, 0.25) is 0 Å². The fourth-order valence-corrected chi connectivity index (χ4v) is 1.36. The first-order chi connectivity index (χ1) is 9.92. The van der Waals surface area contributed by atoms with Crippen molar-refractivity contribution in [3.05, 3.63) is 0 Å². The van der Waals surface area contributed by atoms with Gasteiger partial charge in [-0.2, -0.15) is 43.9 Å². The Bertz CT molecular complexity index is 427. The topological polar surface area (TPSA) is 46.5 Å². The van der Waals surface area contributed by atoms with E-state index in [-0.39, 0.29) is 0 Å². The van der Waals surface area contributed by atoms with Crippen molar-refractivity contribution in [2.24, 2.45) is 5.92 Å². The van der Waals surface area contributed by atoms with E-state index in [1.807, 2.05) is 0 Å². The van der Waals surface area contributed by atoms with Crippen LogP contribution in [0.5, 0.6) is 0 Å². The first-order valence-electron chi connectivity index (χ1n) is 5.22. The molecule has 0 amide bonds. The minimum Gasteiger partial charge on any atom is -0.467 e. The molecule has 3 atom stereocenters. The van der Waals surface area contributed by atoms with Gasteiger partial charge in [0.25, 0.3) is 0 Å². The van der Waals surface area contributed by atoms with Gasteiger partial charge in [-0.25, -0.2) is 9.18 Å². The van der Waals surface area contributed by atoms with Crippen molar-refractivity contribution in [1.82, 2.24) is 0 Å². The van der Waals surface area contributed by atoms with Crippen LogP contribution in [0.1, 0.15) is 0 Å². The zero-order chi connectivity index (χ0) is 19.0. The van der Waals surface area contributed by atoms with Crippen LogP contribution in [0.15, 0.2) is 0 Å². The molecule has 0 radical (unpaired) electrons. The molecular formula is C9H7F11O3.